The van der Waals surface area contributed by atoms with Gasteiger partial charge in [0.25, 0.3) is 5.91 Å². The Balaban J connectivity index is 2.17. The molecule has 2 amide bonds. The number of rotatable bonds is 4. The summed E-state index contributed by atoms with van der Waals surface area (Å²) in [4.78, 5) is 25.2. The number of hydrogen-bond donors (Lipinski definition) is 1. The summed E-state index contributed by atoms with van der Waals surface area (Å²) in [5, 5.41) is 3.67. The highest BCUT2D eigenvalue weighted by Gasteiger charge is 2.38. The van der Waals surface area contributed by atoms with E-state index in [2.05, 4.69) is 5.32 Å². The van der Waals surface area contributed by atoms with E-state index in [0.717, 1.165) is 17.7 Å². The van der Waals surface area contributed by atoms with E-state index in [0.29, 0.717) is 11.6 Å². The van der Waals surface area contributed by atoms with Crippen molar-refractivity contribution in [2.75, 3.05) is 11.9 Å². The number of anilines is 1. The number of carbonyl (C=O) groups is 2. The molecule has 2 rings (SSSR count). The third kappa shape index (κ3) is 2.73. The molecule has 4 nitrogen and oxygen atoms in total. The second kappa shape index (κ2) is 5.61. The van der Waals surface area contributed by atoms with Gasteiger partial charge in [0, 0.05) is 6.54 Å². The van der Waals surface area contributed by atoms with Crippen LogP contribution in [0.5, 0.6) is 0 Å². The van der Waals surface area contributed by atoms with Gasteiger partial charge in [-0.1, -0.05) is 30.7 Å². The van der Waals surface area contributed by atoms with E-state index in [4.69, 9.17) is 11.6 Å². The van der Waals surface area contributed by atoms with Crippen molar-refractivity contribution >= 4 is 29.1 Å². The van der Waals surface area contributed by atoms with Gasteiger partial charge in [-0.25, -0.2) is 0 Å². The van der Waals surface area contributed by atoms with E-state index < -0.39 is 6.04 Å². The van der Waals surface area contributed by atoms with Crippen molar-refractivity contribution in [3.63, 3.8) is 0 Å². The van der Waals surface area contributed by atoms with Crippen LogP contribution in [-0.4, -0.2) is 29.3 Å². The Morgan fingerprint density at radius 3 is 2.79 bits per heavy atom. The predicted octanol–water partition coefficient (Wildman–Crippen LogP) is 2.60. The molecule has 102 valence electrons. The number of hydrogen-bond acceptors (Lipinski definition) is 3. The molecule has 0 saturated carbocycles. The van der Waals surface area contributed by atoms with Crippen LogP contribution >= 0.6 is 11.6 Å². The van der Waals surface area contributed by atoms with E-state index >= 15 is 0 Å². The zero-order valence-corrected chi connectivity index (χ0v) is 11.8. The first kappa shape index (κ1) is 13.9. The minimum Gasteiger partial charge on any atom is -0.372 e. The molecule has 0 spiro atoms. The zero-order valence-electron chi connectivity index (χ0n) is 11.1. The summed E-state index contributed by atoms with van der Waals surface area (Å²) < 4.78 is 0. The summed E-state index contributed by atoms with van der Waals surface area (Å²) in [6.45, 7) is 4.34. The lowest BCUT2D eigenvalue weighted by atomic mass is 10.1. The van der Waals surface area contributed by atoms with Gasteiger partial charge < -0.3 is 5.32 Å². The maximum atomic E-state index is 12.1. The minimum atomic E-state index is -0.502. The van der Waals surface area contributed by atoms with Gasteiger partial charge in [-0.05, 0) is 25.0 Å². The molecule has 1 aromatic carbocycles. The third-order valence-corrected chi connectivity index (χ3v) is 3.55. The van der Waals surface area contributed by atoms with Gasteiger partial charge in [-0.15, -0.1) is 0 Å². The first-order valence-corrected chi connectivity index (χ1v) is 6.78. The summed E-state index contributed by atoms with van der Waals surface area (Å²) in [6.07, 6.45) is 0.971. The fourth-order valence-corrected chi connectivity index (χ4v) is 2.52. The van der Waals surface area contributed by atoms with Crippen molar-refractivity contribution in [1.29, 1.82) is 0 Å². The van der Waals surface area contributed by atoms with Gasteiger partial charge in [-0.2, -0.15) is 0 Å². The van der Waals surface area contributed by atoms with Crippen LogP contribution in [0.15, 0.2) is 18.2 Å². The van der Waals surface area contributed by atoms with Crippen LogP contribution in [0, 0.1) is 6.92 Å². The number of carbonyl (C=O) groups excluding carboxylic acids is 2. The standard InChI is InChI=1S/C14H17ClN2O2/c1-3-7-17-12(18)8-11(14(17)19)16-13-9(2)5-4-6-10(13)15/h4-6,11,16H,3,7-8H2,1-2H3. The largest absolute Gasteiger partial charge is 0.372 e. The van der Waals surface area contributed by atoms with Crippen LogP contribution in [0.3, 0.4) is 0 Å². The van der Waals surface area contributed by atoms with Crippen LogP contribution in [0.25, 0.3) is 0 Å². The molecular weight excluding hydrogens is 264 g/mol. The Hall–Kier alpha value is -1.55. The molecule has 1 aromatic rings. The first-order valence-electron chi connectivity index (χ1n) is 6.40. The molecule has 1 N–H and O–H groups in total. The van der Waals surface area contributed by atoms with E-state index in [9.17, 15) is 9.59 Å². The molecule has 0 bridgehead atoms. The average molecular weight is 281 g/mol. The molecule has 1 saturated heterocycles. The minimum absolute atomic E-state index is 0.117. The number of aryl methyl sites for hydroxylation is 1. The van der Waals surface area contributed by atoms with Gasteiger partial charge in [0.1, 0.15) is 6.04 Å². The number of imide groups is 1. The smallest absolute Gasteiger partial charge is 0.252 e. The molecule has 0 aromatic heterocycles. The molecule has 1 unspecified atom stereocenters. The summed E-state index contributed by atoms with van der Waals surface area (Å²) in [7, 11) is 0. The molecule has 0 radical (unpaired) electrons. The molecule has 1 fully saturated rings. The number of benzene rings is 1. The van der Waals surface area contributed by atoms with Crippen molar-refractivity contribution < 1.29 is 9.59 Å². The van der Waals surface area contributed by atoms with Crippen LogP contribution in [0.2, 0.25) is 5.02 Å². The van der Waals surface area contributed by atoms with E-state index in [-0.39, 0.29) is 18.2 Å². The van der Waals surface area contributed by atoms with Gasteiger partial charge >= 0.3 is 0 Å². The Labute approximate surface area is 117 Å². The lowest BCUT2D eigenvalue weighted by Gasteiger charge is -2.17. The van der Waals surface area contributed by atoms with Crippen LogP contribution in [0.4, 0.5) is 5.69 Å². The quantitative estimate of drug-likeness (QED) is 0.863. The van der Waals surface area contributed by atoms with Crippen molar-refractivity contribution in [2.45, 2.75) is 32.7 Å². The Morgan fingerprint density at radius 2 is 2.16 bits per heavy atom. The summed E-state index contributed by atoms with van der Waals surface area (Å²) in [5.74, 6) is -0.278. The highest BCUT2D eigenvalue weighted by Crippen LogP contribution is 2.28. The SMILES string of the molecule is CCCN1C(=O)CC(Nc2c(C)cccc2Cl)C1=O. The first-order chi connectivity index (χ1) is 9.04. The summed E-state index contributed by atoms with van der Waals surface area (Å²) in [5.41, 5.74) is 1.69. The van der Waals surface area contributed by atoms with Crippen molar-refractivity contribution in [2.24, 2.45) is 0 Å². The maximum absolute atomic E-state index is 12.1. The second-order valence-electron chi connectivity index (χ2n) is 4.72. The fraction of sp³-hybridized carbons (Fsp3) is 0.429. The van der Waals surface area contributed by atoms with Crippen molar-refractivity contribution in [3.8, 4) is 0 Å². The van der Waals surface area contributed by atoms with E-state index in [1.54, 1.807) is 6.07 Å². The lowest BCUT2D eigenvalue weighted by Crippen LogP contribution is -2.35. The molecule has 1 heterocycles. The predicted molar refractivity (Wildman–Crippen MR) is 75.2 cm³/mol. The van der Waals surface area contributed by atoms with Gasteiger partial charge in [0.15, 0.2) is 0 Å². The number of likely N-dealkylation sites (tertiary alicyclic amines) is 1. The van der Waals surface area contributed by atoms with Crippen molar-refractivity contribution in [1.82, 2.24) is 4.90 Å². The van der Waals surface area contributed by atoms with Crippen LogP contribution < -0.4 is 5.32 Å². The second-order valence-corrected chi connectivity index (χ2v) is 5.12. The number of nitrogens with zero attached hydrogens (tertiary/aromatic N) is 1. The number of nitrogens with one attached hydrogen (secondary N) is 1. The monoisotopic (exact) mass is 280 g/mol. The maximum Gasteiger partial charge on any atom is 0.252 e. The highest BCUT2D eigenvalue weighted by atomic mass is 35.5. The molecule has 1 atom stereocenters. The van der Waals surface area contributed by atoms with Gasteiger partial charge in [0.05, 0.1) is 17.1 Å². The summed E-state index contributed by atoms with van der Waals surface area (Å²) in [6, 6.07) is 5.03. The number of halogens is 1. The zero-order chi connectivity index (χ0) is 14.0. The van der Waals surface area contributed by atoms with Gasteiger partial charge in [0.2, 0.25) is 5.91 Å². The number of para-hydroxylation sites is 1. The molecule has 1 aliphatic rings. The molecule has 19 heavy (non-hydrogen) atoms. The fourth-order valence-electron chi connectivity index (χ4n) is 2.24. The van der Waals surface area contributed by atoms with Gasteiger partial charge in [-0.3, -0.25) is 14.5 Å². The Bertz CT molecular complexity index is 496. The highest BCUT2D eigenvalue weighted by molar-refractivity contribution is 6.33. The third-order valence-electron chi connectivity index (χ3n) is 3.23. The average Bonchev–Trinajstić information content (AvgIpc) is 2.62. The van der Waals surface area contributed by atoms with Crippen molar-refractivity contribution in [3.05, 3.63) is 28.8 Å². The van der Waals surface area contributed by atoms with E-state index in [1.807, 2.05) is 26.0 Å². The normalized spacial score (nSPS) is 19.1. The molecule has 1 aliphatic heterocycles. The molecular formula is C14H17ClN2O2. The molecule has 5 heteroatoms. The topological polar surface area (TPSA) is 49.4 Å². The summed E-state index contributed by atoms with van der Waals surface area (Å²) >= 11 is 6.12. The Kier molecular flexibility index (Phi) is 4.10. The number of amides is 2. The lowest BCUT2D eigenvalue weighted by molar-refractivity contribution is -0.138. The van der Waals surface area contributed by atoms with Crippen LogP contribution in [-0.2, 0) is 9.59 Å². The molecule has 0 aliphatic carbocycles. The van der Waals surface area contributed by atoms with E-state index in [1.165, 1.54) is 4.90 Å². The van der Waals surface area contributed by atoms with Crippen LogP contribution in [0.1, 0.15) is 25.3 Å². The Morgan fingerprint density at radius 1 is 1.42 bits per heavy atom.